The second-order valence-electron chi connectivity index (χ2n) is 11.0. The molecule has 0 radical (unpaired) electrons. The molecule has 0 atom stereocenters. The topological polar surface area (TPSA) is 145 Å². The quantitative estimate of drug-likeness (QED) is 0.318. The van der Waals surface area contributed by atoms with Gasteiger partial charge < -0.3 is 30.5 Å². The summed E-state index contributed by atoms with van der Waals surface area (Å²) < 4.78 is 5.42. The van der Waals surface area contributed by atoms with Gasteiger partial charge in [0.25, 0.3) is 0 Å². The van der Waals surface area contributed by atoms with Gasteiger partial charge in [0.1, 0.15) is 12.1 Å². The second kappa shape index (κ2) is 13.0. The standard InChI is InChI=1S/C29H36ClN3O7/c1-28(2,3)40-27(39)32-18-29(20-7-5-8-21(30)15-20)12-10-23(11-13-29)33(17-25(35)36)24(34)16-31-22-9-4-6-19(14-22)26(37)38/h4-9,14-15,23,31H,10-13,16-18H2,1-3H3,(H,32,39)(H,35,36)(H,37,38). The van der Waals surface area contributed by atoms with E-state index in [1.165, 1.54) is 17.0 Å². The molecule has 0 spiro atoms. The number of benzene rings is 2. The minimum atomic E-state index is -1.13. The van der Waals surface area contributed by atoms with E-state index < -0.39 is 41.5 Å². The van der Waals surface area contributed by atoms with Crippen molar-refractivity contribution in [2.75, 3.05) is 25.0 Å². The van der Waals surface area contributed by atoms with Crippen LogP contribution in [0.4, 0.5) is 10.5 Å². The number of nitrogens with zero attached hydrogens (tertiary/aromatic N) is 1. The Balaban J connectivity index is 1.74. The number of hydrogen-bond acceptors (Lipinski definition) is 6. The normalized spacial score (nSPS) is 18.9. The number of carboxylic acids is 2. The highest BCUT2D eigenvalue weighted by atomic mass is 35.5. The number of hydrogen-bond donors (Lipinski definition) is 4. The van der Waals surface area contributed by atoms with E-state index in [0.29, 0.717) is 42.9 Å². The summed E-state index contributed by atoms with van der Waals surface area (Å²) in [6, 6.07) is 13.2. The number of alkyl carbamates (subject to hydrolysis) is 1. The molecule has 0 heterocycles. The summed E-state index contributed by atoms with van der Waals surface area (Å²) in [4.78, 5) is 49.9. The van der Waals surface area contributed by atoms with Crippen molar-refractivity contribution in [3.05, 3.63) is 64.7 Å². The molecule has 0 bridgehead atoms. The fraction of sp³-hybridized carbons (Fsp3) is 0.448. The van der Waals surface area contributed by atoms with Gasteiger partial charge in [0.15, 0.2) is 0 Å². The van der Waals surface area contributed by atoms with Gasteiger partial charge in [0, 0.05) is 28.7 Å². The number of carbonyl (C=O) groups excluding carboxylic acids is 2. The molecule has 1 aliphatic rings. The summed E-state index contributed by atoms with van der Waals surface area (Å²) in [5.41, 5.74) is 0.340. The predicted octanol–water partition coefficient (Wildman–Crippen LogP) is 4.77. The van der Waals surface area contributed by atoms with Gasteiger partial charge in [0.2, 0.25) is 5.91 Å². The molecule has 10 nitrogen and oxygen atoms in total. The average molecular weight is 574 g/mol. The highest BCUT2D eigenvalue weighted by Gasteiger charge is 2.40. The molecule has 40 heavy (non-hydrogen) atoms. The maximum atomic E-state index is 13.2. The summed E-state index contributed by atoms with van der Waals surface area (Å²) >= 11 is 6.30. The molecule has 0 saturated heterocycles. The predicted molar refractivity (Wildman–Crippen MR) is 151 cm³/mol. The van der Waals surface area contributed by atoms with Gasteiger partial charge in [0.05, 0.1) is 12.1 Å². The van der Waals surface area contributed by atoms with E-state index in [2.05, 4.69) is 10.6 Å². The summed E-state index contributed by atoms with van der Waals surface area (Å²) in [6.07, 6.45) is 1.64. The fourth-order valence-corrected chi connectivity index (χ4v) is 5.21. The molecule has 4 N–H and O–H groups in total. The second-order valence-corrected chi connectivity index (χ2v) is 11.5. The Bertz CT molecular complexity index is 1240. The van der Waals surface area contributed by atoms with Crippen molar-refractivity contribution in [2.45, 2.75) is 63.5 Å². The number of aliphatic carboxylic acids is 1. The van der Waals surface area contributed by atoms with Gasteiger partial charge in [-0.25, -0.2) is 9.59 Å². The molecule has 0 unspecified atom stereocenters. The van der Waals surface area contributed by atoms with E-state index in [1.54, 1.807) is 39.0 Å². The molecular weight excluding hydrogens is 538 g/mol. The maximum Gasteiger partial charge on any atom is 0.407 e. The average Bonchev–Trinajstić information content (AvgIpc) is 2.88. The fourth-order valence-electron chi connectivity index (χ4n) is 5.02. The first-order valence-electron chi connectivity index (χ1n) is 13.1. The van der Waals surface area contributed by atoms with Crippen LogP contribution in [-0.2, 0) is 19.7 Å². The minimum Gasteiger partial charge on any atom is -0.480 e. The first kappa shape index (κ1) is 30.7. The molecule has 1 fully saturated rings. The Morgan fingerprint density at radius 1 is 1.05 bits per heavy atom. The van der Waals surface area contributed by atoms with E-state index in [4.69, 9.17) is 16.3 Å². The molecule has 3 rings (SSSR count). The van der Waals surface area contributed by atoms with Crippen LogP contribution in [0.5, 0.6) is 0 Å². The van der Waals surface area contributed by atoms with Crippen molar-refractivity contribution in [2.24, 2.45) is 0 Å². The molecule has 0 aromatic heterocycles. The van der Waals surface area contributed by atoms with Crippen molar-refractivity contribution in [1.82, 2.24) is 10.2 Å². The molecule has 0 aliphatic heterocycles. The number of halogens is 1. The summed E-state index contributed by atoms with van der Waals surface area (Å²) in [7, 11) is 0. The van der Waals surface area contributed by atoms with Crippen LogP contribution in [0.1, 0.15) is 62.4 Å². The Labute approximate surface area is 238 Å². The molecular formula is C29H36ClN3O7. The number of anilines is 1. The maximum absolute atomic E-state index is 13.2. The van der Waals surface area contributed by atoms with Crippen LogP contribution in [0.2, 0.25) is 5.02 Å². The van der Waals surface area contributed by atoms with Gasteiger partial charge in [-0.05, 0) is 82.3 Å². The van der Waals surface area contributed by atoms with Crippen molar-refractivity contribution in [1.29, 1.82) is 0 Å². The molecule has 2 aromatic rings. The van der Waals surface area contributed by atoms with Crippen molar-refractivity contribution < 1.29 is 34.1 Å². The first-order chi connectivity index (χ1) is 18.8. The molecule has 11 heteroatoms. The summed E-state index contributed by atoms with van der Waals surface area (Å²) in [5, 5.41) is 25.1. The van der Waals surface area contributed by atoms with E-state index in [-0.39, 0.29) is 18.2 Å². The molecule has 1 saturated carbocycles. The number of amides is 2. The van der Waals surface area contributed by atoms with E-state index in [1.807, 2.05) is 18.2 Å². The SMILES string of the molecule is CC(C)(C)OC(=O)NCC1(c2cccc(Cl)c2)CCC(N(CC(=O)O)C(=O)CNc2cccc(C(=O)O)c2)CC1. The van der Waals surface area contributed by atoms with E-state index >= 15 is 0 Å². The highest BCUT2D eigenvalue weighted by molar-refractivity contribution is 6.30. The van der Waals surface area contributed by atoms with Crippen molar-refractivity contribution in [3.63, 3.8) is 0 Å². The first-order valence-corrected chi connectivity index (χ1v) is 13.5. The molecule has 1 aliphatic carbocycles. The van der Waals surface area contributed by atoms with Crippen molar-refractivity contribution >= 4 is 41.2 Å². The zero-order valence-corrected chi connectivity index (χ0v) is 23.7. The van der Waals surface area contributed by atoms with Crippen LogP contribution in [-0.4, -0.2) is 70.3 Å². The Kier molecular flexibility index (Phi) is 10.0. The van der Waals surface area contributed by atoms with Gasteiger partial charge >= 0.3 is 18.0 Å². The largest absolute Gasteiger partial charge is 0.480 e. The zero-order valence-electron chi connectivity index (χ0n) is 22.9. The van der Waals surface area contributed by atoms with Crippen LogP contribution in [0.15, 0.2) is 48.5 Å². The monoisotopic (exact) mass is 573 g/mol. The van der Waals surface area contributed by atoms with Crippen LogP contribution < -0.4 is 10.6 Å². The number of aromatic carboxylic acids is 1. The Hall–Kier alpha value is -3.79. The van der Waals surface area contributed by atoms with Gasteiger partial charge in [-0.2, -0.15) is 0 Å². The zero-order chi connectivity index (χ0) is 29.5. The van der Waals surface area contributed by atoms with Gasteiger partial charge in [-0.15, -0.1) is 0 Å². The van der Waals surface area contributed by atoms with Crippen molar-refractivity contribution in [3.8, 4) is 0 Å². The lowest BCUT2D eigenvalue weighted by Gasteiger charge is -2.44. The smallest absolute Gasteiger partial charge is 0.407 e. The Morgan fingerprint density at radius 3 is 2.33 bits per heavy atom. The molecule has 216 valence electrons. The number of nitrogens with one attached hydrogen (secondary N) is 2. The van der Waals surface area contributed by atoms with Crippen LogP contribution in [0.25, 0.3) is 0 Å². The van der Waals surface area contributed by atoms with Crippen LogP contribution in [0, 0.1) is 0 Å². The number of ether oxygens (including phenoxy) is 1. The summed E-state index contributed by atoms with van der Waals surface area (Å²) in [6.45, 7) is 5.01. The summed E-state index contributed by atoms with van der Waals surface area (Å²) in [5.74, 6) is -2.62. The minimum absolute atomic E-state index is 0.0736. The lowest BCUT2D eigenvalue weighted by atomic mass is 9.68. The molecule has 2 aromatic carbocycles. The van der Waals surface area contributed by atoms with Crippen LogP contribution in [0.3, 0.4) is 0 Å². The lowest BCUT2D eigenvalue weighted by Crippen LogP contribution is -2.51. The lowest BCUT2D eigenvalue weighted by molar-refractivity contribution is -0.146. The number of carbonyl (C=O) groups is 4. The van der Waals surface area contributed by atoms with Gasteiger partial charge in [-0.1, -0.05) is 29.8 Å². The van der Waals surface area contributed by atoms with Gasteiger partial charge in [-0.3, -0.25) is 9.59 Å². The Morgan fingerprint density at radius 2 is 1.73 bits per heavy atom. The third-order valence-corrected chi connectivity index (χ3v) is 7.17. The third-order valence-electron chi connectivity index (χ3n) is 6.94. The third kappa shape index (κ3) is 8.61. The van der Waals surface area contributed by atoms with Crippen LogP contribution >= 0.6 is 11.6 Å². The number of rotatable bonds is 10. The van der Waals surface area contributed by atoms with E-state index in [9.17, 15) is 29.4 Å². The number of carboxylic acid groups (broad SMARTS) is 2. The molecule has 2 amide bonds. The van der Waals surface area contributed by atoms with E-state index in [0.717, 1.165) is 5.56 Å². The highest BCUT2D eigenvalue weighted by Crippen LogP contribution is 2.41.